The summed E-state index contributed by atoms with van der Waals surface area (Å²) in [5, 5.41) is 14.7. The van der Waals surface area contributed by atoms with E-state index in [4.69, 9.17) is 5.11 Å². The fourth-order valence-corrected chi connectivity index (χ4v) is 2.50. The van der Waals surface area contributed by atoms with E-state index in [1.165, 1.54) is 6.08 Å². The molecule has 0 saturated heterocycles. The third-order valence-electron chi connectivity index (χ3n) is 3.87. The number of aliphatic hydroxyl groups excluding tert-OH is 1. The zero-order chi connectivity index (χ0) is 18.4. The van der Waals surface area contributed by atoms with Crippen molar-refractivity contribution in [2.45, 2.75) is 33.1 Å². The Labute approximate surface area is 146 Å². The Hall–Kier alpha value is -2.67. The molecular formula is C18H23N3O4. The predicted octanol–water partition coefficient (Wildman–Crippen LogP) is 1.78. The number of aliphatic hydroxyl groups is 1. The monoisotopic (exact) mass is 345 g/mol. The SMILES string of the molecule is CCCCC(=O)Nc1ccc(NC2=CC(=O)N(CCO)C2=O)cc1C. The molecule has 1 aliphatic rings. The van der Waals surface area contributed by atoms with Gasteiger partial charge in [-0.3, -0.25) is 19.3 Å². The van der Waals surface area contributed by atoms with Crippen molar-refractivity contribution in [1.29, 1.82) is 0 Å². The second-order valence-electron chi connectivity index (χ2n) is 5.88. The molecule has 1 heterocycles. The number of hydrogen-bond donors (Lipinski definition) is 3. The molecule has 0 radical (unpaired) electrons. The van der Waals surface area contributed by atoms with Crippen molar-refractivity contribution in [3.8, 4) is 0 Å². The minimum absolute atomic E-state index is 0.0235. The summed E-state index contributed by atoms with van der Waals surface area (Å²) in [6.45, 7) is 3.59. The van der Waals surface area contributed by atoms with E-state index in [-0.39, 0.29) is 24.8 Å². The summed E-state index contributed by atoms with van der Waals surface area (Å²) >= 11 is 0. The number of anilines is 2. The van der Waals surface area contributed by atoms with Crippen LogP contribution in [0.1, 0.15) is 31.7 Å². The smallest absolute Gasteiger partial charge is 0.277 e. The van der Waals surface area contributed by atoms with Gasteiger partial charge in [-0.1, -0.05) is 13.3 Å². The topological polar surface area (TPSA) is 98.7 Å². The van der Waals surface area contributed by atoms with Gasteiger partial charge in [-0.15, -0.1) is 0 Å². The number of nitrogens with zero attached hydrogens (tertiary/aromatic N) is 1. The van der Waals surface area contributed by atoms with Gasteiger partial charge >= 0.3 is 0 Å². The number of β-amino-alcohol motifs (C(OH)–C–C–N with tert-alkyl or cyclic N) is 1. The maximum Gasteiger partial charge on any atom is 0.277 e. The first-order chi connectivity index (χ1) is 12.0. The van der Waals surface area contributed by atoms with Crippen LogP contribution in [0.25, 0.3) is 0 Å². The van der Waals surface area contributed by atoms with Gasteiger partial charge in [-0.2, -0.15) is 0 Å². The Morgan fingerprint density at radius 2 is 2.04 bits per heavy atom. The first-order valence-corrected chi connectivity index (χ1v) is 8.32. The van der Waals surface area contributed by atoms with Crippen LogP contribution >= 0.6 is 0 Å². The van der Waals surface area contributed by atoms with Crippen LogP contribution in [0.5, 0.6) is 0 Å². The highest BCUT2D eigenvalue weighted by atomic mass is 16.3. The summed E-state index contributed by atoms with van der Waals surface area (Å²) in [4.78, 5) is 36.7. The minimum atomic E-state index is -0.464. The van der Waals surface area contributed by atoms with E-state index in [1.807, 2.05) is 13.8 Å². The Kier molecular flexibility index (Phi) is 6.30. The summed E-state index contributed by atoms with van der Waals surface area (Å²) in [6.07, 6.45) is 3.51. The molecular weight excluding hydrogens is 322 g/mol. The number of benzene rings is 1. The van der Waals surface area contributed by atoms with Crippen molar-refractivity contribution in [1.82, 2.24) is 4.90 Å². The molecule has 3 N–H and O–H groups in total. The molecule has 0 aromatic heterocycles. The predicted molar refractivity (Wildman–Crippen MR) is 94.8 cm³/mol. The first-order valence-electron chi connectivity index (χ1n) is 8.32. The molecule has 1 aromatic rings. The largest absolute Gasteiger partial charge is 0.395 e. The number of nitrogens with one attached hydrogen (secondary N) is 2. The van der Waals surface area contributed by atoms with E-state index in [0.29, 0.717) is 12.1 Å². The van der Waals surface area contributed by atoms with Gasteiger partial charge in [-0.05, 0) is 37.1 Å². The number of hydrogen-bond acceptors (Lipinski definition) is 5. The van der Waals surface area contributed by atoms with E-state index in [1.54, 1.807) is 18.2 Å². The van der Waals surface area contributed by atoms with E-state index in [0.717, 1.165) is 29.0 Å². The fourth-order valence-electron chi connectivity index (χ4n) is 2.50. The van der Waals surface area contributed by atoms with Crippen molar-refractivity contribution in [2.24, 2.45) is 0 Å². The average Bonchev–Trinajstić information content (AvgIpc) is 2.83. The van der Waals surface area contributed by atoms with Crippen LogP contribution in [-0.2, 0) is 14.4 Å². The summed E-state index contributed by atoms with van der Waals surface area (Å²) in [6, 6.07) is 5.28. The number of carbonyl (C=O) groups is 3. The van der Waals surface area contributed by atoms with Gasteiger partial charge in [0.2, 0.25) is 5.91 Å². The number of unbranched alkanes of at least 4 members (excludes halogenated alkanes) is 1. The van der Waals surface area contributed by atoms with Crippen molar-refractivity contribution >= 4 is 29.1 Å². The van der Waals surface area contributed by atoms with Gasteiger partial charge in [-0.25, -0.2) is 0 Å². The minimum Gasteiger partial charge on any atom is -0.395 e. The molecule has 0 saturated carbocycles. The van der Waals surface area contributed by atoms with Crippen molar-refractivity contribution in [3.63, 3.8) is 0 Å². The Morgan fingerprint density at radius 3 is 2.68 bits per heavy atom. The van der Waals surface area contributed by atoms with Crippen LogP contribution in [0.4, 0.5) is 11.4 Å². The third-order valence-corrected chi connectivity index (χ3v) is 3.87. The zero-order valence-electron chi connectivity index (χ0n) is 14.5. The van der Waals surface area contributed by atoms with E-state index in [2.05, 4.69) is 10.6 Å². The lowest BCUT2D eigenvalue weighted by atomic mass is 10.1. The number of aryl methyl sites for hydroxylation is 1. The third kappa shape index (κ3) is 4.67. The lowest BCUT2D eigenvalue weighted by molar-refractivity contribution is -0.137. The van der Waals surface area contributed by atoms with E-state index in [9.17, 15) is 14.4 Å². The highest BCUT2D eigenvalue weighted by Crippen LogP contribution is 2.23. The van der Waals surface area contributed by atoms with E-state index >= 15 is 0 Å². The number of carbonyl (C=O) groups excluding carboxylic acids is 3. The normalized spacial score (nSPS) is 13.9. The molecule has 1 aliphatic heterocycles. The van der Waals surface area contributed by atoms with Crippen LogP contribution in [0, 0.1) is 6.92 Å². The molecule has 0 fully saturated rings. The van der Waals surface area contributed by atoms with Gasteiger partial charge in [0, 0.05) is 23.9 Å². The second-order valence-corrected chi connectivity index (χ2v) is 5.88. The second kappa shape index (κ2) is 8.43. The van der Waals surface area contributed by atoms with Crippen molar-refractivity contribution in [3.05, 3.63) is 35.5 Å². The molecule has 0 unspecified atom stereocenters. The standard InChI is InChI=1S/C18H23N3O4/c1-3-4-5-16(23)20-14-7-6-13(10-12(14)2)19-15-11-17(24)21(8-9-22)18(15)25/h6-7,10-11,19,22H,3-5,8-9H2,1-2H3,(H,20,23). The summed E-state index contributed by atoms with van der Waals surface area (Å²) in [7, 11) is 0. The number of imide groups is 1. The van der Waals surface area contributed by atoms with Gasteiger partial charge in [0.25, 0.3) is 11.8 Å². The maximum atomic E-state index is 12.1. The summed E-state index contributed by atoms with van der Waals surface area (Å²) in [5.74, 6) is -0.934. The van der Waals surface area contributed by atoms with Gasteiger partial charge < -0.3 is 15.7 Å². The highest BCUT2D eigenvalue weighted by molar-refractivity contribution is 6.17. The zero-order valence-corrected chi connectivity index (χ0v) is 14.5. The molecule has 2 rings (SSSR count). The van der Waals surface area contributed by atoms with Crippen LogP contribution in [-0.4, -0.2) is 40.9 Å². The lowest BCUT2D eigenvalue weighted by Crippen LogP contribution is -2.34. The van der Waals surface area contributed by atoms with Crippen molar-refractivity contribution < 1.29 is 19.5 Å². The molecule has 0 bridgehead atoms. The molecule has 0 aliphatic carbocycles. The van der Waals surface area contributed by atoms with Crippen LogP contribution < -0.4 is 10.6 Å². The molecule has 0 spiro atoms. The summed E-state index contributed by atoms with van der Waals surface area (Å²) < 4.78 is 0. The molecule has 7 heteroatoms. The van der Waals surface area contributed by atoms with Gasteiger partial charge in [0.15, 0.2) is 0 Å². The highest BCUT2D eigenvalue weighted by Gasteiger charge is 2.30. The molecule has 0 atom stereocenters. The van der Waals surface area contributed by atoms with Crippen LogP contribution in [0.3, 0.4) is 0 Å². The van der Waals surface area contributed by atoms with Crippen molar-refractivity contribution in [2.75, 3.05) is 23.8 Å². The molecule has 7 nitrogen and oxygen atoms in total. The molecule has 25 heavy (non-hydrogen) atoms. The molecule has 3 amide bonds. The number of rotatable bonds is 8. The molecule has 1 aromatic carbocycles. The maximum absolute atomic E-state index is 12.1. The average molecular weight is 345 g/mol. The lowest BCUT2D eigenvalue weighted by Gasteiger charge is -2.14. The van der Waals surface area contributed by atoms with Crippen LogP contribution in [0.2, 0.25) is 0 Å². The summed E-state index contributed by atoms with van der Waals surface area (Å²) in [5.41, 5.74) is 2.37. The van der Waals surface area contributed by atoms with Gasteiger partial charge in [0.05, 0.1) is 13.2 Å². The molecule has 134 valence electrons. The van der Waals surface area contributed by atoms with E-state index < -0.39 is 11.8 Å². The fraction of sp³-hybridized carbons (Fsp3) is 0.389. The van der Waals surface area contributed by atoms with Gasteiger partial charge in [0.1, 0.15) is 5.70 Å². The van der Waals surface area contributed by atoms with Crippen LogP contribution in [0.15, 0.2) is 30.0 Å². The number of amides is 3. The Bertz CT molecular complexity index is 712. The first kappa shape index (κ1) is 18.7. The Balaban J connectivity index is 2.04. The Morgan fingerprint density at radius 1 is 1.28 bits per heavy atom. The quantitative estimate of drug-likeness (QED) is 0.624.